The number of ether oxygens (including phenoxy) is 1. The van der Waals surface area contributed by atoms with Gasteiger partial charge in [-0.2, -0.15) is 0 Å². The first-order valence-electron chi connectivity index (χ1n) is 4.34. The molecule has 0 saturated heterocycles. The molecule has 0 spiro atoms. The Morgan fingerprint density at radius 3 is 2.46 bits per heavy atom. The zero-order valence-corrected chi connectivity index (χ0v) is 7.87. The second-order valence-corrected chi connectivity index (χ2v) is 3.22. The van der Waals surface area contributed by atoms with Gasteiger partial charge in [-0.1, -0.05) is 0 Å². The van der Waals surface area contributed by atoms with Gasteiger partial charge < -0.3 is 0 Å². The van der Waals surface area contributed by atoms with Crippen LogP contribution >= 0.6 is 0 Å². The number of hydrogen-bond donors (Lipinski definition) is 0. The second-order valence-electron chi connectivity index (χ2n) is 3.22. The molecule has 0 aliphatic carbocycles. The molecule has 2 aromatic rings. The Morgan fingerprint density at radius 1 is 1.00 bits per heavy atom. The number of fused-ring (bicyclic) bond motifs is 1. The van der Waals surface area contributed by atoms with Gasteiger partial charge in [0, 0.05) is 0 Å². The van der Waals surface area contributed by atoms with E-state index in [4.69, 9.17) is 4.74 Å². The van der Waals surface area contributed by atoms with Crippen molar-refractivity contribution < 1.29 is 4.74 Å². The summed E-state index contributed by atoms with van der Waals surface area (Å²) >= 11 is 2.10. The molecule has 0 aliphatic heterocycles. The molecule has 0 unspecified atom stereocenters. The Hall–Kier alpha value is -0.903. The summed E-state index contributed by atoms with van der Waals surface area (Å²) in [4.78, 5) is 0. The molecule has 1 nitrogen and oxygen atoms in total. The van der Waals surface area contributed by atoms with E-state index in [1.807, 2.05) is 6.07 Å². The van der Waals surface area contributed by atoms with Crippen LogP contribution < -0.4 is 8.97 Å². The third-order valence-electron chi connectivity index (χ3n) is 2.20. The predicted octanol–water partition coefficient (Wildman–Crippen LogP) is 1.64. The molecule has 0 aromatic heterocycles. The molecule has 0 amide bonds. The van der Waals surface area contributed by atoms with Crippen molar-refractivity contribution >= 4 is 32.7 Å². The van der Waals surface area contributed by atoms with E-state index in [1.165, 1.54) is 15.0 Å². The van der Waals surface area contributed by atoms with Crippen LogP contribution in [0, 0.1) is 0 Å². The Morgan fingerprint density at radius 2 is 1.69 bits per heavy atom. The van der Waals surface area contributed by atoms with Crippen molar-refractivity contribution in [3.8, 4) is 5.75 Å². The second kappa shape index (κ2) is 3.45. The van der Waals surface area contributed by atoms with Crippen LogP contribution in [-0.2, 0) is 0 Å². The fourth-order valence-electron chi connectivity index (χ4n) is 1.47. The van der Waals surface area contributed by atoms with E-state index in [0.29, 0.717) is 0 Å². The van der Waals surface area contributed by atoms with Crippen LogP contribution in [-0.4, -0.2) is 24.8 Å². The molecule has 0 heterocycles. The zero-order chi connectivity index (χ0) is 9.26. The maximum absolute atomic E-state index is 5.15. The molecule has 0 fully saturated rings. The summed E-state index contributed by atoms with van der Waals surface area (Å²) < 4.78 is 6.44. The third kappa shape index (κ3) is 1.72. The van der Waals surface area contributed by atoms with Gasteiger partial charge in [0.05, 0.1) is 0 Å². The van der Waals surface area contributed by atoms with Gasteiger partial charge in [-0.15, -0.1) is 0 Å². The van der Waals surface area contributed by atoms with E-state index in [1.54, 1.807) is 7.11 Å². The fourth-order valence-corrected chi connectivity index (χ4v) is 1.47. The van der Waals surface area contributed by atoms with Crippen molar-refractivity contribution in [1.29, 1.82) is 0 Å². The summed E-state index contributed by atoms with van der Waals surface area (Å²) in [6.07, 6.45) is 0. The van der Waals surface area contributed by atoms with E-state index in [9.17, 15) is 0 Å². The van der Waals surface area contributed by atoms with Gasteiger partial charge in [0.15, 0.2) is 0 Å². The number of hydrogen-bond acceptors (Lipinski definition) is 1. The summed E-state index contributed by atoms with van der Waals surface area (Å²) in [5, 5.41) is 2.49. The van der Waals surface area contributed by atoms with Gasteiger partial charge in [-0.3, -0.25) is 0 Å². The molecule has 0 saturated carbocycles. The van der Waals surface area contributed by atoms with E-state index in [2.05, 4.69) is 48.0 Å². The molecule has 0 bridgehead atoms. The zero-order valence-electron chi connectivity index (χ0n) is 7.87. The van der Waals surface area contributed by atoms with Crippen LogP contribution in [0.3, 0.4) is 0 Å². The molecular formula is C11H9LiO. The van der Waals surface area contributed by atoms with Crippen molar-refractivity contribution in [2.24, 2.45) is 0 Å². The number of methoxy groups -OCH3 is 1. The van der Waals surface area contributed by atoms with Crippen molar-refractivity contribution in [2.75, 3.05) is 7.11 Å². The van der Waals surface area contributed by atoms with Crippen molar-refractivity contribution in [2.45, 2.75) is 0 Å². The summed E-state index contributed by atoms with van der Waals surface area (Å²) in [7, 11) is 1.69. The Balaban J connectivity index is 2.66. The molecule has 0 aliphatic rings. The van der Waals surface area contributed by atoms with E-state index in [0.717, 1.165) is 5.75 Å². The monoisotopic (exact) mass is 164 g/mol. The van der Waals surface area contributed by atoms with Crippen LogP contribution in [0.25, 0.3) is 10.8 Å². The van der Waals surface area contributed by atoms with Gasteiger partial charge in [-0.05, 0) is 0 Å². The quantitative estimate of drug-likeness (QED) is 0.582. The first-order chi connectivity index (χ1) is 6.29. The molecule has 2 aromatic carbocycles. The third-order valence-corrected chi connectivity index (χ3v) is 2.20. The van der Waals surface area contributed by atoms with Gasteiger partial charge in [0.25, 0.3) is 0 Å². The summed E-state index contributed by atoms with van der Waals surface area (Å²) in [5.41, 5.74) is 0. The molecule has 2 heteroatoms. The summed E-state index contributed by atoms with van der Waals surface area (Å²) in [5.74, 6) is 0.913. The maximum atomic E-state index is 5.15. The summed E-state index contributed by atoms with van der Waals surface area (Å²) in [6.45, 7) is 0. The molecule has 13 heavy (non-hydrogen) atoms. The first kappa shape index (κ1) is 8.68. The van der Waals surface area contributed by atoms with Gasteiger partial charge in [-0.25, -0.2) is 0 Å². The molecule has 0 N–H and O–H groups in total. The molecule has 2 rings (SSSR count). The van der Waals surface area contributed by atoms with Crippen molar-refractivity contribution in [1.82, 2.24) is 0 Å². The van der Waals surface area contributed by atoms with Gasteiger partial charge >= 0.3 is 86.7 Å². The Labute approximate surface area is 86.9 Å². The van der Waals surface area contributed by atoms with Crippen LogP contribution in [0.4, 0.5) is 0 Å². The van der Waals surface area contributed by atoms with Crippen LogP contribution in [0.5, 0.6) is 5.75 Å². The van der Waals surface area contributed by atoms with Gasteiger partial charge in [0.2, 0.25) is 0 Å². The average molecular weight is 164 g/mol. The van der Waals surface area contributed by atoms with Crippen LogP contribution in [0.15, 0.2) is 36.4 Å². The molecular weight excluding hydrogens is 155 g/mol. The Bertz CT molecular complexity index is 437. The van der Waals surface area contributed by atoms with Crippen LogP contribution in [0.1, 0.15) is 0 Å². The SMILES string of the molecule is [Li][c]1ccc2cc(OC)ccc2c1. The fraction of sp³-hybridized carbons (Fsp3) is 0.0909. The first-order valence-corrected chi connectivity index (χ1v) is 4.34. The van der Waals surface area contributed by atoms with Crippen LogP contribution in [0.2, 0.25) is 0 Å². The standard InChI is InChI=1S/C11H9O.Li/c1-12-11-7-6-9-4-2-3-5-10(9)8-11;/h3-8H,1H3;. The Kier molecular flexibility index (Phi) is 2.31. The minimum absolute atomic E-state index is 0.913. The summed E-state index contributed by atoms with van der Waals surface area (Å²) in [6, 6.07) is 12.5. The number of rotatable bonds is 1. The predicted molar refractivity (Wildman–Crippen MR) is 55.9 cm³/mol. The topological polar surface area (TPSA) is 9.23 Å². The van der Waals surface area contributed by atoms with E-state index >= 15 is 0 Å². The molecule has 0 radical (unpaired) electrons. The molecule has 60 valence electrons. The van der Waals surface area contributed by atoms with Crippen molar-refractivity contribution in [3.05, 3.63) is 36.4 Å². The van der Waals surface area contributed by atoms with Gasteiger partial charge in [0.1, 0.15) is 0 Å². The number of benzene rings is 2. The minimum atomic E-state index is 0.913. The molecule has 0 atom stereocenters. The van der Waals surface area contributed by atoms with Crippen molar-refractivity contribution in [3.63, 3.8) is 0 Å². The normalized spacial score (nSPS) is 10.4. The average Bonchev–Trinajstić information content (AvgIpc) is 2.17. The van der Waals surface area contributed by atoms with E-state index in [-0.39, 0.29) is 0 Å². The van der Waals surface area contributed by atoms with E-state index < -0.39 is 0 Å².